The average Bonchev–Trinajstić information content (AvgIpc) is 2.85. The van der Waals surface area contributed by atoms with E-state index in [-0.39, 0.29) is 6.04 Å². The number of halogens is 1. The second kappa shape index (κ2) is 5.27. The fourth-order valence-corrected chi connectivity index (χ4v) is 2.63. The van der Waals surface area contributed by atoms with Gasteiger partial charge in [-0.2, -0.15) is 0 Å². The molecule has 0 aliphatic rings. The summed E-state index contributed by atoms with van der Waals surface area (Å²) in [5, 5.41) is 4.92. The first-order valence-electron chi connectivity index (χ1n) is 6.47. The minimum absolute atomic E-state index is 0.0137. The lowest BCUT2D eigenvalue weighted by atomic mass is 10.0. The van der Waals surface area contributed by atoms with Gasteiger partial charge in [0.05, 0.1) is 11.1 Å². The topological polar surface area (TPSA) is 38.1 Å². The van der Waals surface area contributed by atoms with E-state index in [1.54, 1.807) is 0 Å². The first kappa shape index (κ1) is 13.2. The molecule has 102 valence electrons. The highest BCUT2D eigenvalue weighted by molar-refractivity contribution is 6.34. The molecular formula is C16H15ClN2O. The summed E-state index contributed by atoms with van der Waals surface area (Å²) in [4.78, 5) is 4.23. The van der Waals surface area contributed by atoms with Crippen LogP contribution in [0.4, 0.5) is 0 Å². The molecule has 1 unspecified atom stereocenters. The molecule has 0 bridgehead atoms. The molecule has 0 fully saturated rings. The maximum absolute atomic E-state index is 6.17. The number of hydrogen-bond donors (Lipinski definition) is 1. The summed E-state index contributed by atoms with van der Waals surface area (Å²) in [7, 11) is 1.91. The van der Waals surface area contributed by atoms with E-state index in [4.69, 9.17) is 16.0 Å². The number of aryl methyl sites for hydroxylation is 1. The van der Waals surface area contributed by atoms with E-state index in [1.165, 1.54) is 0 Å². The van der Waals surface area contributed by atoms with Gasteiger partial charge in [0.15, 0.2) is 5.58 Å². The minimum Gasteiger partial charge on any atom is -0.457 e. The van der Waals surface area contributed by atoms with E-state index in [2.05, 4.69) is 16.4 Å². The van der Waals surface area contributed by atoms with Crippen molar-refractivity contribution in [3.8, 4) is 0 Å². The Bertz CT molecular complexity index is 751. The zero-order chi connectivity index (χ0) is 14.1. The van der Waals surface area contributed by atoms with Gasteiger partial charge in [0, 0.05) is 17.3 Å². The highest BCUT2D eigenvalue weighted by Gasteiger charge is 2.18. The molecule has 1 atom stereocenters. The third kappa shape index (κ3) is 2.30. The van der Waals surface area contributed by atoms with Gasteiger partial charge in [0.25, 0.3) is 0 Å². The van der Waals surface area contributed by atoms with Crippen LogP contribution < -0.4 is 5.32 Å². The average molecular weight is 287 g/mol. The largest absolute Gasteiger partial charge is 0.457 e. The Balaban J connectivity index is 2.09. The fourth-order valence-electron chi connectivity index (χ4n) is 2.41. The van der Waals surface area contributed by atoms with Gasteiger partial charge in [0.2, 0.25) is 0 Å². The van der Waals surface area contributed by atoms with Crippen LogP contribution in [0.5, 0.6) is 0 Å². The lowest BCUT2D eigenvalue weighted by Crippen LogP contribution is -2.17. The molecule has 1 N–H and O–H groups in total. The minimum atomic E-state index is -0.0137. The summed E-state index contributed by atoms with van der Waals surface area (Å²) in [5.74, 6) is 0.848. The number of nitrogens with one attached hydrogen (secondary N) is 1. The molecule has 0 amide bonds. The predicted octanol–water partition coefficient (Wildman–Crippen LogP) is 4.10. The van der Waals surface area contributed by atoms with Gasteiger partial charge in [-0.3, -0.25) is 4.98 Å². The van der Waals surface area contributed by atoms with Crippen molar-refractivity contribution < 1.29 is 4.42 Å². The van der Waals surface area contributed by atoms with Gasteiger partial charge < -0.3 is 9.73 Å². The van der Waals surface area contributed by atoms with Crippen molar-refractivity contribution >= 4 is 22.6 Å². The number of fused-ring (bicyclic) bond motifs is 1. The number of pyridine rings is 1. The van der Waals surface area contributed by atoms with E-state index < -0.39 is 0 Å². The van der Waals surface area contributed by atoms with Crippen LogP contribution in [0, 0.1) is 6.92 Å². The number of benzene rings is 1. The second-order valence-corrected chi connectivity index (χ2v) is 5.17. The molecule has 0 spiro atoms. The van der Waals surface area contributed by atoms with Gasteiger partial charge >= 0.3 is 0 Å². The molecule has 2 aromatic heterocycles. The number of rotatable bonds is 3. The first-order valence-corrected chi connectivity index (χ1v) is 6.84. The molecule has 0 saturated heterocycles. The fraction of sp³-hybridized carbons (Fsp3) is 0.188. The molecular weight excluding hydrogens is 272 g/mol. The molecule has 3 aromatic rings. The summed E-state index contributed by atoms with van der Waals surface area (Å²) >= 11 is 6.17. The Morgan fingerprint density at radius 2 is 2.10 bits per heavy atom. The number of para-hydroxylation sites is 1. The monoisotopic (exact) mass is 286 g/mol. The van der Waals surface area contributed by atoms with E-state index in [0.29, 0.717) is 5.02 Å². The first-order chi connectivity index (χ1) is 9.69. The lowest BCUT2D eigenvalue weighted by Gasteiger charge is -2.14. The second-order valence-electron chi connectivity index (χ2n) is 4.76. The van der Waals surface area contributed by atoms with E-state index in [1.807, 2.05) is 50.5 Å². The number of furan rings is 1. The quantitative estimate of drug-likeness (QED) is 0.788. The zero-order valence-electron chi connectivity index (χ0n) is 11.4. The Morgan fingerprint density at radius 1 is 1.25 bits per heavy atom. The number of hydrogen-bond acceptors (Lipinski definition) is 3. The smallest absolute Gasteiger partial charge is 0.152 e. The summed E-state index contributed by atoms with van der Waals surface area (Å²) in [6, 6.07) is 11.8. The van der Waals surface area contributed by atoms with Gasteiger partial charge in [-0.25, -0.2) is 0 Å². The van der Waals surface area contributed by atoms with Crippen LogP contribution in [0.2, 0.25) is 5.02 Å². The van der Waals surface area contributed by atoms with Crippen LogP contribution in [0.3, 0.4) is 0 Å². The van der Waals surface area contributed by atoms with Gasteiger partial charge in [-0.15, -0.1) is 0 Å². The van der Waals surface area contributed by atoms with E-state index in [9.17, 15) is 0 Å². The molecule has 20 heavy (non-hydrogen) atoms. The van der Waals surface area contributed by atoms with Crippen molar-refractivity contribution in [3.63, 3.8) is 0 Å². The summed E-state index contributed by atoms with van der Waals surface area (Å²) in [6.45, 7) is 1.98. The van der Waals surface area contributed by atoms with Crippen LogP contribution in [-0.2, 0) is 0 Å². The van der Waals surface area contributed by atoms with Crippen molar-refractivity contribution in [2.24, 2.45) is 0 Å². The molecule has 3 nitrogen and oxygen atoms in total. The molecule has 4 heteroatoms. The Hall–Kier alpha value is -1.84. The molecule has 2 heterocycles. The molecule has 3 rings (SSSR count). The molecule has 1 aromatic carbocycles. The van der Waals surface area contributed by atoms with Gasteiger partial charge in [-0.05, 0) is 43.8 Å². The third-order valence-corrected chi connectivity index (χ3v) is 3.64. The van der Waals surface area contributed by atoms with Crippen molar-refractivity contribution in [1.82, 2.24) is 10.3 Å². The SMILES string of the molecule is CNC(c1ccnc(C)c1)c1cc2cccc(Cl)c2o1. The van der Waals surface area contributed by atoms with Crippen LogP contribution in [0.25, 0.3) is 11.0 Å². The Kier molecular flexibility index (Phi) is 3.47. The van der Waals surface area contributed by atoms with Crippen molar-refractivity contribution in [1.29, 1.82) is 0 Å². The predicted molar refractivity (Wildman–Crippen MR) is 81.1 cm³/mol. The van der Waals surface area contributed by atoms with Crippen LogP contribution in [0.1, 0.15) is 23.1 Å². The summed E-state index contributed by atoms with van der Waals surface area (Å²) < 4.78 is 5.93. The van der Waals surface area contributed by atoms with Crippen LogP contribution in [0.15, 0.2) is 47.0 Å². The van der Waals surface area contributed by atoms with Gasteiger partial charge in [-0.1, -0.05) is 23.7 Å². The molecule has 0 radical (unpaired) electrons. The standard InChI is InChI=1S/C16H15ClN2O/c1-10-8-11(6-7-19-10)15(18-2)14-9-12-4-3-5-13(17)16(12)20-14/h3-9,15,18H,1-2H3. The van der Waals surface area contributed by atoms with Gasteiger partial charge in [0.1, 0.15) is 5.76 Å². The Labute approximate surface area is 122 Å². The van der Waals surface area contributed by atoms with Crippen LogP contribution >= 0.6 is 11.6 Å². The van der Waals surface area contributed by atoms with Crippen molar-refractivity contribution in [2.75, 3.05) is 7.05 Å². The highest BCUT2D eigenvalue weighted by atomic mass is 35.5. The molecule has 0 aliphatic carbocycles. The maximum Gasteiger partial charge on any atom is 0.152 e. The van der Waals surface area contributed by atoms with Crippen LogP contribution in [-0.4, -0.2) is 12.0 Å². The highest BCUT2D eigenvalue weighted by Crippen LogP contribution is 2.31. The van der Waals surface area contributed by atoms with E-state index >= 15 is 0 Å². The number of nitrogens with zero attached hydrogens (tertiary/aromatic N) is 1. The third-order valence-electron chi connectivity index (χ3n) is 3.34. The normalized spacial score (nSPS) is 12.8. The maximum atomic E-state index is 6.17. The molecule has 0 saturated carbocycles. The zero-order valence-corrected chi connectivity index (χ0v) is 12.1. The number of aromatic nitrogens is 1. The molecule has 0 aliphatic heterocycles. The van der Waals surface area contributed by atoms with E-state index in [0.717, 1.165) is 28.0 Å². The summed E-state index contributed by atoms with van der Waals surface area (Å²) in [5.41, 5.74) is 2.84. The lowest BCUT2D eigenvalue weighted by molar-refractivity contribution is 0.491. The van der Waals surface area contributed by atoms with Crippen molar-refractivity contribution in [3.05, 3.63) is 64.6 Å². The van der Waals surface area contributed by atoms with Crippen molar-refractivity contribution in [2.45, 2.75) is 13.0 Å². The Morgan fingerprint density at radius 3 is 2.80 bits per heavy atom. The summed E-state index contributed by atoms with van der Waals surface area (Å²) in [6.07, 6.45) is 1.81.